The van der Waals surface area contributed by atoms with Gasteiger partial charge in [-0.2, -0.15) is 0 Å². The first kappa shape index (κ1) is 10.2. The first-order valence-corrected chi connectivity index (χ1v) is 4.30. The summed E-state index contributed by atoms with van der Waals surface area (Å²) in [5.74, 6) is 0. The molecule has 0 aromatic heterocycles. The molecule has 0 amide bonds. The average Bonchev–Trinajstić information content (AvgIpc) is 2.04. The molecular weight excluding hydrogens is 165 g/mol. The van der Waals surface area contributed by atoms with E-state index in [0.717, 1.165) is 12.0 Å². The molecular formula is C9H14BNO2. The maximum atomic E-state index is 8.83. The highest BCUT2D eigenvalue weighted by atomic mass is 16.4. The van der Waals surface area contributed by atoms with Crippen molar-refractivity contribution in [1.29, 1.82) is 0 Å². The fraction of sp³-hybridized carbons (Fsp3) is 0.333. The number of hydrogen-bond acceptors (Lipinski definition) is 3. The Kier molecular flexibility index (Phi) is 3.48. The van der Waals surface area contributed by atoms with Gasteiger partial charge in [0.25, 0.3) is 0 Å². The summed E-state index contributed by atoms with van der Waals surface area (Å²) in [6.45, 7) is 1.94. The summed E-state index contributed by atoms with van der Waals surface area (Å²) < 4.78 is 0. The van der Waals surface area contributed by atoms with Gasteiger partial charge in [-0.15, -0.1) is 0 Å². The molecule has 0 aliphatic heterocycles. The highest BCUT2D eigenvalue weighted by molar-refractivity contribution is 6.58. The molecule has 4 N–H and O–H groups in total. The zero-order valence-electron chi connectivity index (χ0n) is 7.64. The molecule has 0 aliphatic rings. The third kappa shape index (κ3) is 3.18. The molecule has 13 heavy (non-hydrogen) atoms. The van der Waals surface area contributed by atoms with E-state index in [9.17, 15) is 0 Å². The van der Waals surface area contributed by atoms with Crippen molar-refractivity contribution >= 4 is 12.6 Å². The summed E-state index contributed by atoms with van der Waals surface area (Å²) in [4.78, 5) is 0. The van der Waals surface area contributed by atoms with Crippen LogP contribution in [0.15, 0.2) is 24.3 Å². The van der Waals surface area contributed by atoms with Crippen LogP contribution in [0.2, 0.25) is 0 Å². The van der Waals surface area contributed by atoms with Gasteiger partial charge in [-0.1, -0.05) is 24.3 Å². The van der Waals surface area contributed by atoms with Crippen molar-refractivity contribution in [2.24, 2.45) is 5.73 Å². The summed E-state index contributed by atoms with van der Waals surface area (Å²) in [6.07, 6.45) is 0.807. The van der Waals surface area contributed by atoms with Gasteiger partial charge in [0.05, 0.1) is 0 Å². The second-order valence-corrected chi connectivity index (χ2v) is 3.30. The Hall–Kier alpha value is -0.835. The van der Waals surface area contributed by atoms with E-state index < -0.39 is 7.12 Å². The van der Waals surface area contributed by atoms with Crippen molar-refractivity contribution in [3.05, 3.63) is 29.8 Å². The van der Waals surface area contributed by atoms with Crippen LogP contribution in [0.25, 0.3) is 0 Å². The first-order valence-electron chi connectivity index (χ1n) is 4.30. The molecule has 0 radical (unpaired) electrons. The molecule has 0 saturated carbocycles. The van der Waals surface area contributed by atoms with Crippen molar-refractivity contribution in [2.75, 3.05) is 0 Å². The minimum Gasteiger partial charge on any atom is -0.423 e. The molecule has 1 rings (SSSR count). The second kappa shape index (κ2) is 4.41. The largest absolute Gasteiger partial charge is 0.488 e. The average molecular weight is 179 g/mol. The molecule has 3 nitrogen and oxygen atoms in total. The van der Waals surface area contributed by atoms with Crippen molar-refractivity contribution in [2.45, 2.75) is 19.4 Å². The molecule has 1 aromatic carbocycles. The first-order chi connectivity index (χ1) is 6.09. The number of rotatable bonds is 3. The van der Waals surface area contributed by atoms with E-state index in [1.54, 1.807) is 12.1 Å². The Morgan fingerprint density at radius 3 is 2.23 bits per heavy atom. The summed E-state index contributed by atoms with van der Waals surface area (Å²) in [5.41, 5.74) is 7.24. The Morgan fingerprint density at radius 1 is 1.31 bits per heavy atom. The third-order valence-electron chi connectivity index (χ3n) is 1.84. The van der Waals surface area contributed by atoms with Gasteiger partial charge in [-0.25, -0.2) is 0 Å². The van der Waals surface area contributed by atoms with Crippen molar-refractivity contribution < 1.29 is 10.0 Å². The Labute approximate surface area is 78.3 Å². The fourth-order valence-electron chi connectivity index (χ4n) is 1.20. The van der Waals surface area contributed by atoms with Gasteiger partial charge in [0.15, 0.2) is 0 Å². The molecule has 0 unspecified atom stereocenters. The number of hydrogen-bond donors (Lipinski definition) is 3. The molecule has 1 aromatic rings. The van der Waals surface area contributed by atoms with Gasteiger partial charge in [-0.3, -0.25) is 0 Å². The SMILES string of the molecule is C[C@@H](N)Cc1ccc(B(O)O)cc1. The van der Waals surface area contributed by atoms with E-state index >= 15 is 0 Å². The summed E-state index contributed by atoms with van der Waals surface area (Å²) in [7, 11) is -1.38. The predicted octanol–water partition coefficient (Wildman–Crippen LogP) is -0.744. The standard InChI is InChI=1S/C9H14BNO2/c1-7(11)6-8-2-4-9(5-3-8)10(12)13/h2-5,7,12-13H,6,11H2,1H3/t7-/m1/s1. The smallest absolute Gasteiger partial charge is 0.423 e. The lowest BCUT2D eigenvalue weighted by molar-refractivity contribution is 0.426. The van der Waals surface area contributed by atoms with Gasteiger partial charge in [0.2, 0.25) is 0 Å². The van der Waals surface area contributed by atoms with E-state index in [-0.39, 0.29) is 6.04 Å². The van der Waals surface area contributed by atoms with Crippen LogP contribution in [0.5, 0.6) is 0 Å². The third-order valence-corrected chi connectivity index (χ3v) is 1.84. The van der Waals surface area contributed by atoms with Gasteiger partial charge in [0, 0.05) is 6.04 Å². The number of benzene rings is 1. The highest BCUT2D eigenvalue weighted by Crippen LogP contribution is 2.00. The van der Waals surface area contributed by atoms with Crippen molar-refractivity contribution in [1.82, 2.24) is 0 Å². The highest BCUT2D eigenvalue weighted by Gasteiger charge is 2.09. The van der Waals surface area contributed by atoms with Crippen LogP contribution < -0.4 is 11.2 Å². The topological polar surface area (TPSA) is 66.5 Å². The van der Waals surface area contributed by atoms with Crippen LogP contribution in [0.3, 0.4) is 0 Å². The normalized spacial score (nSPS) is 12.6. The lowest BCUT2D eigenvalue weighted by atomic mass is 9.80. The van der Waals surface area contributed by atoms with Crippen molar-refractivity contribution in [3.63, 3.8) is 0 Å². The van der Waals surface area contributed by atoms with E-state index in [4.69, 9.17) is 15.8 Å². The minimum atomic E-state index is -1.38. The maximum Gasteiger partial charge on any atom is 0.488 e. The van der Waals surface area contributed by atoms with Crippen LogP contribution in [0.4, 0.5) is 0 Å². The summed E-state index contributed by atoms with van der Waals surface area (Å²) in [6, 6.07) is 7.24. The molecule has 0 aliphatic carbocycles. The zero-order valence-corrected chi connectivity index (χ0v) is 7.64. The van der Waals surface area contributed by atoms with E-state index in [1.165, 1.54) is 0 Å². The van der Waals surface area contributed by atoms with E-state index in [0.29, 0.717) is 5.46 Å². The van der Waals surface area contributed by atoms with E-state index in [1.807, 2.05) is 19.1 Å². The predicted molar refractivity (Wildman–Crippen MR) is 53.6 cm³/mol. The lowest BCUT2D eigenvalue weighted by Gasteiger charge is -2.05. The summed E-state index contributed by atoms with van der Waals surface area (Å²) >= 11 is 0. The molecule has 0 saturated heterocycles. The van der Waals surface area contributed by atoms with Crippen LogP contribution in [-0.4, -0.2) is 23.2 Å². The Morgan fingerprint density at radius 2 is 1.85 bits per heavy atom. The van der Waals surface area contributed by atoms with Gasteiger partial charge < -0.3 is 15.8 Å². The van der Waals surface area contributed by atoms with Gasteiger partial charge in [0.1, 0.15) is 0 Å². The summed E-state index contributed by atoms with van der Waals surface area (Å²) in [5, 5.41) is 17.7. The molecule has 70 valence electrons. The zero-order chi connectivity index (χ0) is 9.84. The monoisotopic (exact) mass is 179 g/mol. The second-order valence-electron chi connectivity index (χ2n) is 3.30. The quantitative estimate of drug-likeness (QED) is 0.535. The van der Waals surface area contributed by atoms with Gasteiger partial charge >= 0.3 is 7.12 Å². The van der Waals surface area contributed by atoms with Crippen LogP contribution >= 0.6 is 0 Å². The number of nitrogens with two attached hydrogens (primary N) is 1. The van der Waals surface area contributed by atoms with Gasteiger partial charge in [-0.05, 0) is 24.4 Å². The molecule has 0 spiro atoms. The molecule has 0 bridgehead atoms. The van der Waals surface area contributed by atoms with Crippen molar-refractivity contribution in [3.8, 4) is 0 Å². The van der Waals surface area contributed by atoms with E-state index in [2.05, 4.69) is 0 Å². The molecule has 0 fully saturated rings. The minimum absolute atomic E-state index is 0.130. The Balaban J connectivity index is 2.70. The van der Waals surface area contributed by atoms with Crippen LogP contribution in [-0.2, 0) is 6.42 Å². The molecule has 1 atom stereocenters. The van der Waals surface area contributed by atoms with Crippen LogP contribution in [0.1, 0.15) is 12.5 Å². The molecule has 4 heteroatoms. The lowest BCUT2D eigenvalue weighted by Crippen LogP contribution is -2.29. The molecule has 0 heterocycles. The fourth-order valence-corrected chi connectivity index (χ4v) is 1.20. The van der Waals surface area contributed by atoms with Crippen LogP contribution in [0, 0.1) is 0 Å². The maximum absolute atomic E-state index is 8.83. The Bertz CT molecular complexity index is 259.